The molecule has 0 aliphatic heterocycles. The van der Waals surface area contributed by atoms with E-state index < -0.39 is 28.9 Å². The lowest BCUT2D eigenvalue weighted by atomic mass is 9.86. The number of amides is 1. The lowest BCUT2D eigenvalue weighted by Crippen LogP contribution is -2.35. The Bertz CT molecular complexity index is 1140. The van der Waals surface area contributed by atoms with Crippen molar-refractivity contribution in [2.45, 2.75) is 31.7 Å². The number of rotatable bonds is 6. The van der Waals surface area contributed by atoms with Gasteiger partial charge in [0.05, 0.1) is 5.52 Å². The summed E-state index contributed by atoms with van der Waals surface area (Å²) in [5, 5.41) is 7.00. The predicted octanol–water partition coefficient (Wildman–Crippen LogP) is 4.51. The van der Waals surface area contributed by atoms with Crippen molar-refractivity contribution in [1.29, 1.82) is 0 Å². The van der Waals surface area contributed by atoms with E-state index in [2.05, 4.69) is 20.6 Å². The van der Waals surface area contributed by atoms with Crippen LogP contribution in [0.5, 0.6) is 0 Å². The highest BCUT2D eigenvalue weighted by molar-refractivity contribution is 5.94. The van der Waals surface area contributed by atoms with Crippen LogP contribution in [0.1, 0.15) is 36.0 Å². The molecule has 2 aromatic carbocycles. The van der Waals surface area contributed by atoms with Crippen molar-refractivity contribution in [3.05, 3.63) is 59.4 Å². The lowest BCUT2D eigenvalue weighted by molar-refractivity contribution is 0.0934. The number of halogens is 3. The van der Waals surface area contributed by atoms with Crippen LogP contribution in [-0.2, 0) is 0 Å². The molecule has 1 saturated carbocycles. The van der Waals surface area contributed by atoms with Gasteiger partial charge in [-0.2, -0.15) is 4.98 Å². The molecule has 0 saturated heterocycles. The smallest absolute Gasteiger partial charge is 0.257 e. The number of fused-ring (bicyclic) bond motifs is 1. The number of hydrogen-bond acceptors (Lipinski definition) is 5. The second-order valence-electron chi connectivity index (χ2n) is 8.60. The Morgan fingerprint density at radius 3 is 2.36 bits per heavy atom. The molecule has 2 N–H and O–H groups in total. The number of para-hydroxylation sites is 1. The zero-order valence-corrected chi connectivity index (χ0v) is 18.5. The van der Waals surface area contributed by atoms with E-state index in [1.54, 1.807) is 0 Å². The van der Waals surface area contributed by atoms with Gasteiger partial charge in [0.1, 0.15) is 28.8 Å². The van der Waals surface area contributed by atoms with Crippen LogP contribution in [0, 0.1) is 23.4 Å². The summed E-state index contributed by atoms with van der Waals surface area (Å²) in [4.78, 5) is 23.5. The molecule has 1 heterocycles. The SMILES string of the molecule is CN(C)c1nc(N[C@H]2CC[C@@H](CNC(=O)c3c(F)cc(F)cc3F)CC2)nc2ccccc12. The van der Waals surface area contributed by atoms with E-state index in [0.717, 1.165) is 42.4 Å². The van der Waals surface area contributed by atoms with E-state index in [4.69, 9.17) is 0 Å². The van der Waals surface area contributed by atoms with Gasteiger partial charge in [0.2, 0.25) is 5.95 Å². The van der Waals surface area contributed by atoms with Gasteiger partial charge in [0, 0.05) is 44.2 Å². The zero-order chi connectivity index (χ0) is 23.5. The standard InChI is InChI=1S/C24H26F3N5O/c1-32(2)22-17-5-3-4-6-20(17)30-24(31-22)29-16-9-7-14(8-10-16)13-28-23(33)21-18(26)11-15(25)12-19(21)27/h3-6,11-12,14,16H,7-10,13H2,1-2H3,(H,28,33)(H,29,30,31)/t14-,16+. The van der Waals surface area contributed by atoms with Gasteiger partial charge >= 0.3 is 0 Å². The second-order valence-corrected chi connectivity index (χ2v) is 8.60. The monoisotopic (exact) mass is 457 g/mol. The molecule has 0 atom stereocenters. The van der Waals surface area contributed by atoms with Crippen molar-refractivity contribution >= 4 is 28.6 Å². The van der Waals surface area contributed by atoms with Gasteiger partial charge in [-0.3, -0.25) is 4.79 Å². The molecule has 3 aromatic rings. The molecule has 6 nitrogen and oxygen atoms in total. The highest BCUT2D eigenvalue weighted by Crippen LogP contribution is 2.28. The molecule has 0 spiro atoms. The molecule has 0 unspecified atom stereocenters. The maximum absolute atomic E-state index is 13.8. The van der Waals surface area contributed by atoms with Gasteiger partial charge in [-0.25, -0.2) is 18.2 Å². The Hall–Kier alpha value is -3.36. The van der Waals surface area contributed by atoms with Crippen molar-refractivity contribution in [3.63, 3.8) is 0 Å². The minimum absolute atomic E-state index is 0.188. The summed E-state index contributed by atoms with van der Waals surface area (Å²) in [6.45, 7) is 0.305. The number of nitrogens with zero attached hydrogens (tertiary/aromatic N) is 3. The molecule has 1 aromatic heterocycles. The quantitative estimate of drug-likeness (QED) is 0.570. The Balaban J connectivity index is 1.33. The molecule has 33 heavy (non-hydrogen) atoms. The average molecular weight is 458 g/mol. The van der Waals surface area contributed by atoms with E-state index in [1.807, 2.05) is 43.3 Å². The summed E-state index contributed by atoms with van der Waals surface area (Å²) in [6.07, 6.45) is 3.38. The van der Waals surface area contributed by atoms with Crippen molar-refractivity contribution in [2.75, 3.05) is 30.9 Å². The van der Waals surface area contributed by atoms with Gasteiger partial charge in [-0.1, -0.05) is 12.1 Å². The third-order valence-corrected chi connectivity index (χ3v) is 5.97. The van der Waals surface area contributed by atoms with Crippen LogP contribution in [0.25, 0.3) is 10.9 Å². The Morgan fingerprint density at radius 2 is 1.70 bits per heavy atom. The molecule has 1 aliphatic carbocycles. The summed E-state index contributed by atoms with van der Waals surface area (Å²) >= 11 is 0. The number of nitrogens with one attached hydrogen (secondary N) is 2. The molecule has 4 rings (SSSR count). The number of benzene rings is 2. The summed E-state index contributed by atoms with van der Waals surface area (Å²) in [5.74, 6) is -2.72. The first-order valence-corrected chi connectivity index (χ1v) is 10.9. The van der Waals surface area contributed by atoms with Crippen LogP contribution in [-0.4, -0.2) is 42.6 Å². The second kappa shape index (κ2) is 9.64. The first-order valence-electron chi connectivity index (χ1n) is 10.9. The molecule has 0 radical (unpaired) electrons. The maximum atomic E-state index is 13.8. The van der Waals surface area contributed by atoms with Gasteiger partial charge in [-0.15, -0.1) is 0 Å². The van der Waals surface area contributed by atoms with Gasteiger partial charge in [-0.05, 0) is 43.7 Å². The van der Waals surface area contributed by atoms with Crippen LogP contribution >= 0.6 is 0 Å². The predicted molar refractivity (Wildman–Crippen MR) is 122 cm³/mol. The van der Waals surface area contributed by atoms with Crippen LogP contribution in [0.4, 0.5) is 24.9 Å². The molecular weight excluding hydrogens is 431 g/mol. The molecular formula is C24H26F3N5O. The molecule has 1 aliphatic rings. The largest absolute Gasteiger partial charge is 0.362 e. The van der Waals surface area contributed by atoms with Crippen molar-refractivity contribution in [3.8, 4) is 0 Å². The molecule has 1 fully saturated rings. The van der Waals surface area contributed by atoms with Crippen LogP contribution in [0.15, 0.2) is 36.4 Å². The Morgan fingerprint density at radius 1 is 1.03 bits per heavy atom. The van der Waals surface area contributed by atoms with Crippen molar-refractivity contribution in [2.24, 2.45) is 5.92 Å². The summed E-state index contributed by atoms with van der Waals surface area (Å²) < 4.78 is 40.6. The fourth-order valence-electron chi connectivity index (χ4n) is 4.24. The normalized spacial score (nSPS) is 18.2. The van der Waals surface area contributed by atoms with E-state index >= 15 is 0 Å². The summed E-state index contributed by atoms with van der Waals surface area (Å²) in [5.41, 5.74) is 0.118. The van der Waals surface area contributed by atoms with Gasteiger partial charge in [0.25, 0.3) is 5.91 Å². The first-order chi connectivity index (χ1) is 15.8. The Kier molecular flexibility index (Phi) is 6.67. The first kappa shape index (κ1) is 22.8. The number of carbonyl (C=O) groups excluding carboxylic acids is 1. The third-order valence-electron chi connectivity index (χ3n) is 5.97. The van der Waals surface area contributed by atoms with Crippen LogP contribution < -0.4 is 15.5 Å². The number of anilines is 2. The van der Waals surface area contributed by atoms with E-state index in [9.17, 15) is 18.0 Å². The lowest BCUT2D eigenvalue weighted by Gasteiger charge is -2.29. The summed E-state index contributed by atoms with van der Waals surface area (Å²) in [7, 11) is 3.89. The zero-order valence-electron chi connectivity index (χ0n) is 18.5. The fourth-order valence-corrected chi connectivity index (χ4v) is 4.24. The Labute approximate surface area is 190 Å². The van der Waals surface area contributed by atoms with Crippen molar-refractivity contribution in [1.82, 2.24) is 15.3 Å². The van der Waals surface area contributed by atoms with Crippen LogP contribution in [0.2, 0.25) is 0 Å². The highest BCUT2D eigenvalue weighted by atomic mass is 19.1. The van der Waals surface area contributed by atoms with E-state index in [0.29, 0.717) is 24.6 Å². The van der Waals surface area contributed by atoms with Crippen molar-refractivity contribution < 1.29 is 18.0 Å². The van der Waals surface area contributed by atoms with Gasteiger partial charge < -0.3 is 15.5 Å². The summed E-state index contributed by atoms with van der Waals surface area (Å²) in [6, 6.07) is 9.07. The minimum atomic E-state index is -1.20. The molecule has 0 bridgehead atoms. The fraction of sp³-hybridized carbons (Fsp3) is 0.375. The number of hydrogen-bond donors (Lipinski definition) is 2. The third kappa shape index (κ3) is 5.18. The average Bonchev–Trinajstić information content (AvgIpc) is 2.77. The molecule has 174 valence electrons. The molecule has 9 heteroatoms. The molecule has 1 amide bonds. The highest BCUT2D eigenvalue weighted by Gasteiger charge is 2.24. The number of carbonyl (C=O) groups is 1. The minimum Gasteiger partial charge on any atom is -0.362 e. The maximum Gasteiger partial charge on any atom is 0.257 e. The number of aromatic nitrogens is 2. The van der Waals surface area contributed by atoms with E-state index in [-0.39, 0.29) is 12.0 Å². The van der Waals surface area contributed by atoms with E-state index in [1.165, 1.54) is 0 Å². The van der Waals surface area contributed by atoms with Crippen LogP contribution in [0.3, 0.4) is 0 Å². The topological polar surface area (TPSA) is 70.2 Å². The van der Waals surface area contributed by atoms with Gasteiger partial charge in [0.15, 0.2) is 0 Å².